The van der Waals surface area contributed by atoms with Crippen LogP contribution in [-0.4, -0.2) is 208 Å². The number of hydrogen-bond donors (Lipinski definition) is 7. The number of benzene rings is 6. The highest BCUT2D eigenvalue weighted by molar-refractivity contribution is 7.99. The summed E-state index contributed by atoms with van der Waals surface area (Å²) in [6.07, 6.45) is 23.7. The number of pyridine rings is 12. The minimum Gasteiger partial charge on any atom is -0.507 e. The standard InChI is InChI=1S/C17H17N3O4.2C15H13N3O2S.C15H13N3OS.C14H10FN3O2.C14H11N3O3/c1-22-6-7-24-14-8-11-4-3-5-18-16(11)17-15(14)13(23-2)9-12(20-17)10-19-21;1-20-12-7-11-13(21-2)6-9(8-17-19)18-15(11)14-10(12)4-3-5-16-14;1-20-11-6-9-4-3-5-16-14(9)15-13(11)12(21-2)7-10(18-15)8-17-19;1-9-6-10-4-3-5-16-14(10)15-13(9)12(20-2)7-11(18-15)8-17-19;1-20-11-6-9(7-17-19)18-14-12(11)10(15)5-8-3-2-4-16-13(8)14;1-20-12-6-10-11(18)5-8(7-16-19)17-14(10)13-9(12)3-2-4-15-13/h3-5,8-10,21H,6-7H2,1-2H3;2*3-8,19H,1-2H3;3-8,19H,1-2H3;2-7,19H,1H3;2-7,19H,1H3,(H,17,18). The van der Waals surface area contributed by atoms with Crippen molar-refractivity contribution in [3.8, 4) is 40.2 Å². The monoisotopic (exact) mass is 1750 g/mol. The molecular weight excluding hydrogens is 1670 g/mol. The van der Waals surface area contributed by atoms with Crippen LogP contribution in [0, 0.1) is 12.7 Å². The molecule has 0 saturated heterocycles. The van der Waals surface area contributed by atoms with E-state index in [-0.39, 0.29) is 11.1 Å². The van der Waals surface area contributed by atoms with Gasteiger partial charge in [0.1, 0.15) is 85.8 Å². The molecule has 0 saturated carbocycles. The molecule has 0 aliphatic rings. The van der Waals surface area contributed by atoms with Gasteiger partial charge in [-0.3, -0.25) is 29.9 Å². The normalized spacial score (nSPS) is 11.5. The lowest BCUT2D eigenvalue weighted by atomic mass is 10.0. The van der Waals surface area contributed by atoms with Crippen molar-refractivity contribution in [3.05, 3.63) is 228 Å². The largest absolute Gasteiger partial charge is 0.507 e. The van der Waals surface area contributed by atoms with Gasteiger partial charge in [-0.25, -0.2) is 34.3 Å². The van der Waals surface area contributed by atoms with Crippen LogP contribution in [0.1, 0.15) is 39.7 Å². The number of thioether (sulfide) groups is 3. The topological polar surface area (TPSA) is 435 Å². The molecule has 36 heteroatoms. The number of halogens is 1. The van der Waals surface area contributed by atoms with Crippen LogP contribution in [0.2, 0.25) is 0 Å². The van der Waals surface area contributed by atoms with E-state index in [1.165, 1.54) is 55.7 Å². The van der Waals surface area contributed by atoms with E-state index in [1.807, 2.05) is 110 Å². The Hall–Kier alpha value is -15.4. The highest BCUT2D eigenvalue weighted by Gasteiger charge is 2.22. The van der Waals surface area contributed by atoms with Crippen molar-refractivity contribution < 1.29 is 73.9 Å². The number of aromatic hydroxyl groups is 1. The fourth-order valence-electron chi connectivity index (χ4n) is 14.0. The summed E-state index contributed by atoms with van der Waals surface area (Å²) in [6, 6.07) is 43.9. The first-order chi connectivity index (χ1) is 61.6. The molecule has 12 heterocycles. The second-order valence-electron chi connectivity index (χ2n) is 26.6. The Kier molecular flexibility index (Phi) is 29.1. The molecule has 126 heavy (non-hydrogen) atoms. The van der Waals surface area contributed by atoms with Gasteiger partial charge in [-0.1, -0.05) is 55.2 Å². The smallest absolute Gasteiger partial charge is 0.137 e. The third-order valence-electron chi connectivity index (χ3n) is 19.3. The molecule has 18 rings (SSSR count). The maximum Gasteiger partial charge on any atom is 0.137 e. The summed E-state index contributed by atoms with van der Waals surface area (Å²) in [5.74, 6) is 3.25. The zero-order valence-electron chi connectivity index (χ0n) is 68.8. The van der Waals surface area contributed by atoms with E-state index in [0.29, 0.717) is 109 Å². The molecule has 0 spiro atoms. The Bertz CT molecular complexity index is 7170. The first kappa shape index (κ1) is 88.4. The van der Waals surface area contributed by atoms with Gasteiger partial charge >= 0.3 is 0 Å². The van der Waals surface area contributed by atoms with Crippen molar-refractivity contribution in [1.29, 1.82) is 0 Å². The zero-order valence-corrected chi connectivity index (χ0v) is 71.3. The summed E-state index contributed by atoms with van der Waals surface area (Å²) < 4.78 is 52.1. The van der Waals surface area contributed by atoms with Crippen LogP contribution in [0.5, 0.6) is 40.2 Å². The summed E-state index contributed by atoms with van der Waals surface area (Å²) in [6.45, 7) is 2.95. The molecule has 636 valence electrons. The van der Waals surface area contributed by atoms with Crippen LogP contribution < -0.4 is 28.4 Å². The van der Waals surface area contributed by atoms with Gasteiger partial charge in [-0.05, 0) is 134 Å². The number of methoxy groups -OCH3 is 6. The quantitative estimate of drug-likeness (QED) is 0.0105. The molecule has 0 bridgehead atoms. The minimum absolute atomic E-state index is 0.0238. The van der Waals surface area contributed by atoms with Gasteiger partial charge < -0.3 is 69.5 Å². The molecule has 18 aromatic rings. The predicted octanol–water partition coefficient (Wildman–Crippen LogP) is 17.9. The van der Waals surface area contributed by atoms with Gasteiger partial charge in [0, 0.05) is 126 Å². The number of rotatable bonds is 18. The number of aryl methyl sites for hydroxylation is 1. The number of ether oxygens (including phenoxy) is 7. The van der Waals surface area contributed by atoms with Crippen LogP contribution in [0.4, 0.5) is 4.39 Å². The number of nitrogens with zero attached hydrogens (tertiary/aromatic N) is 18. The second kappa shape index (κ2) is 41.4. The van der Waals surface area contributed by atoms with Gasteiger partial charge in [-0.2, -0.15) is 0 Å². The van der Waals surface area contributed by atoms with E-state index in [0.717, 1.165) is 126 Å². The Morgan fingerprint density at radius 3 is 1.09 bits per heavy atom. The summed E-state index contributed by atoms with van der Waals surface area (Å²) >= 11 is 4.83. The number of hydrogen-bond acceptors (Lipinski definition) is 35. The van der Waals surface area contributed by atoms with E-state index < -0.39 is 5.82 Å². The zero-order chi connectivity index (χ0) is 88.9. The van der Waals surface area contributed by atoms with Crippen molar-refractivity contribution in [3.63, 3.8) is 0 Å². The van der Waals surface area contributed by atoms with Crippen LogP contribution in [0.25, 0.3) is 131 Å². The molecule has 7 N–H and O–H groups in total. The maximum absolute atomic E-state index is 14.3. The van der Waals surface area contributed by atoms with E-state index in [1.54, 1.807) is 138 Å². The lowest BCUT2D eigenvalue weighted by Crippen LogP contribution is -2.06. The molecule has 32 nitrogen and oxygen atoms in total. The Balaban J connectivity index is 0.000000130. The third-order valence-corrected chi connectivity index (χ3v) is 21.6. The van der Waals surface area contributed by atoms with Crippen LogP contribution in [-0.2, 0) is 4.74 Å². The van der Waals surface area contributed by atoms with Crippen molar-refractivity contribution in [2.24, 2.45) is 30.9 Å². The molecule has 12 aromatic heterocycles. The minimum atomic E-state index is -0.433. The van der Waals surface area contributed by atoms with Crippen molar-refractivity contribution >= 4 is 203 Å². The van der Waals surface area contributed by atoms with E-state index in [9.17, 15) is 9.50 Å². The average molecular weight is 1750 g/mol. The number of oxime groups is 6. The Morgan fingerprint density at radius 1 is 0.317 bits per heavy atom. The Labute approximate surface area is 728 Å². The SMILES string of the molecule is COCCOc1cc2cccnc2c2nc(C=NO)cc(OC)c12.COc1cc(C=NO)nc2c1c(F)cc1cccnc12.COc1cc2c(O)cc(C=NO)nc2c2ncccc12.COc1cc2c(SC)cc(C=NO)nc2c2ncccc12.COc1cc2cccnc2c2nc(C=NO)cc(SC)c12.CSc1cc(C=NO)nc2c1c(C)cc1cccnc12. The van der Waals surface area contributed by atoms with Gasteiger partial charge in [0.2, 0.25) is 0 Å². The fourth-order valence-corrected chi connectivity index (χ4v) is 15.9. The summed E-state index contributed by atoms with van der Waals surface area (Å²) in [5.41, 5.74) is 12.4. The molecule has 6 aromatic carbocycles. The summed E-state index contributed by atoms with van der Waals surface area (Å²) in [5, 5.41) is 90.2. The third kappa shape index (κ3) is 18.9. The van der Waals surface area contributed by atoms with Crippen LogP contribution >= 0.6 is 35.3 Å². The van der Waals surface area contributed by atoms with E-state index in [4.69, 9.17) is 64.4 Å². The van der Waals surface area contributed by atoms with Crippen LogP contribution in [0.3, 0.4) is 0 Å². The van der Waals surface area contributed by atoms with Gasteiger partial charge in [0.25, 0.3) is 0 Å². The predicted molar refractivity (Wildman–Crippen MR) is 490 cm³/mol. The average Bonchev–Trinajstić information content (AvgIpc) is 0.788. The molecule has 0 atom stereocenters. The summed E-state index contributed by atoms with van der Waals surface area (Å²) in [4.78, 5) is 56.2. The molecular formula is C90H77FN18O14S3. The lowest BCUT2D eigenvalue weighted by Gasteiger charge is -2.14. The van der Waals surface area contributed by atoms with Gasteiger partial charge in [-0.15, -0.1) is 35.3 Å². The number of aromatic nitrogens is 12. The van der Waals surface area contributed by atoms with Gasteiger partial charge in [0.05, 0.1) is 163 Å². The Morgan fingerprint density at radius 2 is 0.651 bits per heavy atom. The molecule has 0 amide bonds. The molecule has 0 unspecified atom stereocenters. The molecule has 0 fully saturated rings. The highest BCUT2D eigenvalue weighted by Crippen LogP contribution is 2.43. The second-order valence-corrected chi connectivity index (χ2v) is 29.1. The van der Waals surface area contributed by atoms with Crippen molar-refractivity contribution in [2.45, 2.75) is 21.6 Å². The van der Waals surface area contributed by atoms with Gasteiger partial charge in [0.15, 0.2) is 0 Å². The van der Waals surface area contributed by atoms with Crippen LogP contribution in [0.15, 0.2) is 228 Å². The van der Waals surface area contributed by atoms with E-state index >= 15 is 0 Å². The maximum atomic E-state index is 14.3. The molecule has 0 radical (unpaired) electrons. The molecule has 0 aliphatic carbocycles. The molecule has 0 aliphatic heterocycles. The van der Waals surface area contributed by atoms with Crippen molar-refractivity contribution in [2.75, 3.05) is 74.6 Å². The fraction of sp³-hybridized carbons (Fsp3) is 0.133. The summed E-state index contributed by atoms with van der Waals surface area (Å²) in [7, 11) is 9.48. The van der Waals surface area contributed by atoms with E-state index in [2.05, 4.69) is 104 Å². The lowest BCUT2D eigenvalue weighted by molar-refractivity contribution is 0.147. The van der Waals surface area contributed by atoms with Crippen molar-refractivity contribution in [1.82, 2.24) is 59.8 Å². The number of fused-ring (bicyclic) bond motifs is 18. The first-order valence-corrected chi connectivity index (χ1v) is 41.4. The highest BCUT2D eigenvalue weighted by atomic mass is 32.2. The first-order valence-electron chi connectivity index (χ1n) is 37.7.